The average Bonchev–Trinajstić information content (AvgIpc) is 3.14. The number of aliphatic hydroxyl groups excluding tert-OH is 1. The van der Waals surface area contributed by atoms with Crippen molar-refractivity contribution >= 4 is 17.6 Å². The summed E-state index contributed by atoms with van der Waals surface area (Å²) in [6.07, 6.45) is 4.50. The number of nitrogens with zero attached hydrogens (tertiary/aromatic N) is 4. The molecule has 0 spiro atoms. The number of carbonyl (C=O) groups is 1. The normalized spacial score (nSPS) is 13.1. The van der Waals surface area contributed by atoms with E-state index in [4.69, 9.17) is 24.5 Å². The number of anilines is 2. The Morgan fingerprint density at radius 1 is 1.00 bits per heavy atom. The van der Waals surface area contributed by atoms with Crippen molar-refractivity contribution in [3.05, 3.63) is 65.9 Å². The minimum absolute atomic E-state index is 0.0566. The van der Waals surface area contributed by atoms with Gasteiger partial charge in [-0.1, -0.05) is 30.3 Å². The van der Waals surface area contributed by atoms with Crippen LogP contribution in [0.3, 0.4) is 0 Å². The number of fused-ring (bicyclic) bond motifs is 1. The maximum Gasteiger partial charge on any atom is 0.308 e. The van der Waals surface area contributed by atoms with Gasteiger partial charge in [0, 0.05) is 31.9 Å². The van der Waals surface area contributed by atoms with Crippen molar-refractivity contribution in [3.63, 3.8) is 0 Å². The Balaban J connectivity index is 1.37. The van der Waals surface area contributed by atoms with Gasteiger partial charge in [-0.25, -0.2) is 9.97 Å². The van der Waals surface area contributed by atoms with Crippen LogP contribution in [0.2, 0.25) is 0 Å². The molecule has 4 rings (SSSR count). The Labute approximate surface area is 211 Å². The van der Waals surface area contributed by atoms with Crippen LogP contribution in [0, 0.1) is 0 Å². The molecule has 0 amide bonds. The van der Waals surface area contributed by atoms with Gasteiger partial charge in [-0.15, -0.1) is 0 Å². The molecule has 3 aromatic rings. The highest BCUT2D eigenvalue weighted by atomic mass is 16.5. The number of hydrogen-bond donors (Lipinski definition) is 2. The molecule has 0 radical (unpaired) electrons. The summed E-state index contributed by atoms with van der Waals surface area (Å²) in [7, 11) is 0. The van der Waals surface area contributed by atoms with Gasteiger partial charge in [0.05, 0.1) is 32.8 Å². The Morgan fingerprint density at radius 3 is 2.50 bits per heavy atom. The van der Waals surface area contributed by atoms with E-state index in [-0.39, 0.29) is 32.2 Å². The van der Waals surface area contributed by atoms with Gasteiger partial charge in [-0.05, 0) is 42.5 Å². The molecule has 3 heterocycles. The smallest absolute Gasteiger partial charge is 0.308 e. The summed E-state index contributed by atoms with van der Waals surface area (Å²) < 4.78 is 10.3. The van der Waals surface area contributed by atoms with Gasteiger partial charge in [-0.2, -0.15) is 0 Å². The molecule has 190 valence electrons. The summed E-state index contributed by atoms with van der Waals surface area (Å²) in [6, 6.07) is 16.3. The second-order valence-corrected chi connectivity index (χ2v) is 8.49. The van der Waals surface area contributed by atoms with Crippen LogP contribution in [0.1, 0.15) is 24.0 Å². The van der Waals surface area contributed by atoms with Crippen LogP contribution in [-0.2, 0) is 27.1 Å². The lowest BCUT2D eigenvalue weighted by molar-refractivity contribution is -0.144. The SMILES string of the molecule is O=C(CCOCCO)OCCCNc1cc(N2CCc3ccccc3CC2)nc(-c2ccccn2)n1. The number of hydrogen-bond acceptors (Lipinski definition) is 9. The van der Waals surface area contributed by atoms with Gasteiger partial charge in [0.1, 0.15) is 17.3 Å². The number of ether oxygens (including phenoxy) is 2. The third-order valence-corrected chi connectivity index (χ3v) is 5.93. The van der Waals surface area contributed by atoms with Gasteiger partial charge < -0.3 is 24.8 Å². The van der Waals surface area contributed by atoms with Crippen LogP contribution < -0.4 is 10.2 Å². The first kappa shape index (κ1) is 25.5. The number of aromatic nitrogens is 3. The Bertz CT molecular complexity index is 1090. The minimum atomic E-state index is -0.308. The van der Waals surface area contributed by atoms with E-state index >= 15 is 0 Å². The van der Waals surface area contributed by atoms with Crippen LogP contribution in [0.15, 0.2) is 54.7 Å². The highest BCUT2D eigenvalue weighted by Crippen LogP contribution is 2.24. The zero-order chi connectivity index (χ0) is 25.0. The lowest BCUT2D eigenvalue weighted by Crippen LogP contribution is -2.27. The molecular formula is C27H33N5O4. The summed E-state index contributed by atoms with van der Waals surface area (Å²) in [6.45, 7) is 3.08. The minimum Gasteiger partial charge on any atom is -0.466 e. The first-order valence-electron chi connectivity index (χ1n) is 12.4. The van der Waals surface area contributed by atoms with Crippen LogP contribution in [-0.4, -0.2) is 72.1 Å². The van der Waals surface area contributed by atoms with E-state index in [9.17, 15) is 4.79 Å². The standard InChI is InChI=1S/C27H33N5O4/c33-16-19-35-18-11-26(34)36-17-5-13-29-24-20-25(31-27(30-24)23-8-3-4-12-28-23)32-14-9-21-6-1-2-7-22(21)10-15-32/h1-4,6-8,12,20,33H,5,9-11,13-19H2,(H,29,30,31). The average molecular weight is 492 g/mol. The monoisotopic (exact) mass is 491 g/mol. The van der Waals surface area contributed by atoms with E-state index in [1.807, 2.05) is 24.3 Å². The molecule has 36 heavy (non-hydrogen) atoms. The fraction of sp³-hybridized carbons (Fsp3) is 0.407. The van der Waals surface area contributed by atoms with Crippen molar-refractivity contribution in [3.8, 4) is 11.5 Å². The van der Waals surface area contributed by atoms with E-state index in [1.165, 1.54) is 11.1 Å². The molecule has 9 heteroatoms. The van der Waals surface area contributed by atoms with Crippen LogP contribution in [0.25, 0.3) is 11.5 Å². The summed E-state index contributed by atoms with van der Waals surface area (Å²) in [4.78, 5) is 28.0. The maximum atomic E-state index is 11.8. The molecule has 9 nitrogen and oxygen atoms in total. The molecule has 0 atom stereocenters. The van der Waals surface area contributed by atoms with Crippen LogP contribution >= 0.6 is 0 Å². The molecule has 1 aromatic carbocycles. The maximum absolute atomic E-state index is 11.8. The third kappa shape index (κ3) is 7.47. The number of rotatable bonds is 12. The highest BCUT2D eigenvalue weighted by Gasteiger charge is 2.17. The molecule has 0 bridgehead atoms. The third-order valence-electron chi connectivity index (χ3n) is 5.93. The van der Waals surface area contributed by atoms with Gasteiger partial charge in [0.2, 0.25) is 0 Å². The van der Waals surface area contributed by atoms with Crippen molar-refractivity contribution < 1.29 is 19.4 Å². The number of esters is 1. The fourth-order valence-electron chi connectivity index (χ4n) is 4.06. The zero-order valence-corrected chi connectivity index (χ0v) is 20.4. The summed E-state index contributed by atoms with van der Waals surface area (Å²) in [5.41, 5.74) is 3.51. The molecule has 0 aliphatic carbocycles. The van der Waals surface area contributed by atoms with E-state index in [0.717, 1.165) is 37.4 Å². The fourth-order valence-corrected chi connectivity index (χ4v) is 4.06. The van der Waals surface area contributed by atoms with Crippen molar-refractivity contribution in [1.82, 2.24) is 15.0 Å². The largest absolute Gasteiger partial charge is 0.466 e. The van der Waals surface area contributed by atoms with Crippen molar-refractivity contribution in [1.29, 1.82) is 0 Å². The molecular weight excluding hydrogens is 458 g/mol. The van der Waals surface area contributed by atoms with Crippen molar-refractivity contribution in [2.75, 3.05) is 56.3 Å². The quantitative estimate of drug-likeness (QED) is 0.292. The zero-order valence-electron chi connectivity index (χ0n) is 20.4. The number of nitrogens with one attached hydrogen (secondary N) is 1. The van der Waals surface area contributed by atoms with E-state index < -0.39 is 0 Å². The van der Waals surface area contributed by atoms with Crippen molar-refractivity contribution in [2.24, 2.45) is 0 Å². The molecule has 2 aromatic heterocycles. The van der Waals surface area contributed by atoms with Crippen LogP contribution in [0.5, 0.6) is 0 Å². The Hall–Kier alpha value is -3.56. The lowest BCUT2D eigenvalue weighted by Gasteiger charge is -2.22. The van der Waals surface area contributed by atoms with Gasteiger partial charge in [0.25, 0.3) is 0 Å². The van der Waals surface area contributed by atoms with Gasteiger partial charge in [0.15, 0.2) is 5.82 Å². The van der Waals surface area contributed by atoms with E-state index in [2.05, 4.69) is 39.5 Å². The Morgan fingerprint density at radius 2 is 1.78 bits per heavy atom. The molecule has 1 aliphatic heterocycles. The first-order chi connectivity index (χ1) is 17.7. The topological polar surface area (TPSA) is 110 Å². The molecule has 2 N–H and O–H groups in total. The second kappa shape index (κ2) is 13.5. The van der Waals surface area contributed by atoms with E-state index in [1.54, 1.807) is 6.20 Å². The summed E-state index contributed by atoms with van der Waals surface area (Å²) >= 11 is 0. The molecule has 1 aliphatic rings. The predicted octanol–water partition coefficient (Wildman–Crippen LogP) is 2.89. The Kier molecular flexibility index (Phi) is 9.58. The molecule has 0 unspecified atom stereocenters. The van der Waals surface area contributed by atoms with Gasteiger partial charge in [-0.3, -0.25) is 9.78 Å². The summed E-state index contributed by atoms with van der Waals surface area (Å²) in [5, 5.41) is 12.0. The number of carbonyl (C=O) groups excluding carboxylic acids is 1. The van der Waals surface area contributed by atoms with Gasteiger partial charge >= 0.3 is 5.97 Å². The van der Waals surface area contributed by atoms with Crippen molar-refractivity contribution in [2.45, 2.75) is 25.7 Å². The number of aliphatic hydroxyl groups is 1. The second-order valence-electron chi connectivity index (χ2n) is 8.49. The first-order valence-corrected chi connectivity index (χ1v) is 12.4. The van der Waals surface area contributed by atoms with Crippen LogP contribution in [0.4, 0.5) is 11.6 Å². The number of pyridine rings is 1. The number of benzene rings is 1. The predicted molar refractivity (Wildman–Crippen MR) is 138 cm³/mol. The van der Waals surface area contributed by atoms with E-state index in [0.29, 0.717) is 31.2 Å². The molecule has 0 saturated carbocycles. The molecule has 0 fully saturated rings. The molecule has 0 saturated heterocycles. The summed E-state index contributed by atoms with van der Waals surface area (Å²) in [5.74, 6) is 1.85. The lowest BCUT2D eigenvalue weighted by atomic mass is 10.0. The highest BCUT2D eigenvalue weighted by molar-refractivity contribution is 5.69.